The van der Waals surface area contributed by atoms with Crippen LogP contribution in [0.1, 0.15) is 12.8 Å². The van der Waals surface area contributed by atoms with Crippen molar-refractivity contribution in [2.24, 2.45) is 0 Å². The number of morpholine rings is 1. The molecule has 0 aromatic rings. The molecule has 0 aromatic heterocycles. The fourth-order valence-corrected chi connectivity index (χ4v) is 3.34. The maximum atomic E-state index is 12.3. The number of hydrogen-bond acceptors (Lipinski definition) is 5. The van der Waals surface area contributed by atoms with Crippen LogP contribution in [0.4, 0.5) is 0 Å². The van der Waals surface area contributed by atoms with E-state index >= 15 is 0 Å². The van der Waals surface area contributed by atoms with Crippen LogP contribution in [0.5, 0.6) is 0 Å². The van der Waals surface area contributed by atoms with Crippen molar-refractivity contribution in [1.29, 1.82) is 0 Å². The second-order valence-corrected chi connectivity index (χ2v) is 6.24. The largest absolute Gasteiger partial charge is 0.379 e. The molecule has 3 rings (SSSR count). The molecule has 1 N–H and O–H groups in total. The Morgan fingerprint density at radius 2 is 1.68 bits per heavy atom. The van der Waals surface area contributed by atoms with E-state index in [0.29, 0.717) is 45.9 Å². The van der Waals surface area contributed by atoms with Crippen LogP contribution in [0.15, 0.2) is 0 Å². The summed E-state index contributed by atoms with van der Waals surface area (Å²) in [4.78, 5) is 30.6. The van der Waals surface area contributed by atoms with Gasteiger partial charge in [-0.2, -0.15) is 0 Å². The summed E-state index contributed by atoms with van der Waals surface area (Å²) in [5.41, 5.74) is 0. The van der Waals surface area contributed by atoms with E-state index in [9.17, 15) is 9.59 Å². The quantitative estimate of drug-likeness (QED) is 0.705. The number of carbonyl (C=O) groups is 2. The van der Waals surface area contributed by atoms with E-state index in [1.807, 2.05) is 9.80 Å². The minimum absolute atomic E-state index is 0.00407. The lowest BCUT2D eigenvalue weighted by Crippen LogP contribution is -2.55. The van der Waals surface area contributed by atoms with Gasteiger partial charge in [-0.05, 0) is 19.4 Å². The Kier molecular flexibility index (Phi) is 5.28. The molecule has 0 aliphatic carbocycles. The lowest BCUT2D eigenvalue weighted by atomic mass is 10.2. The van der Waals surface area contributed by atoms with Gasteiger partial charge in [-0.3, -0.25) is 14.5 Å². The Labute approximate surface area is 131 Å². The summed E-state index contributed by atoms with van der Waals surface area (Å²) < 4.78 is 5.30. The molecule has 0 bridgehead atoms. The number of nitrogens with zero attached hydrogens (tertiary/aromatic N) is 3. The van der Waals surface area contributed by atoms with Crippen LogP contribution in [-0.2, 0) is 14.3 Å². The molecular weight excluding hydrogens is 284 g/mol. The molecule has 0 aromatic carbocycles. The van der Waals surface area contributed by atoms with Crippen LogP contribution in [0.2, 0.25) is 0 Å². The van der Waals surface area contributed by atoms with Crippen molar-refractivity contribution in [2.75, 3.05) is 65.6 Å². The predicted octanol–water partition coefficient (Wildman–Crippen LogP) is -1.26. The molecular formula is C15H26N4O3. The fourth-order valence-electron chi connectivity index (χ4n) is 3.34. The first-order valence-corrected chi connectivity index (χ1v) is 8.34. The predicted molar refractivity (Wildman–Crippen MR) is 81.4 cm³/mol. The normalized spacial score (nSPS) is 27.2. The van der Waals surface area contributed by atoms with Gasteiger partial charge >= 0.3 is 0 Å². The van der Waals surface area contributed by atoms with Gasteiger partial charge in [0.2, 0.25) is 11.8 Å². The number of piperazine rings is 1. The maximum absolute atomic E-state index is 12.3. The average molecular weight is 310 g/mol. The Morgan fingerprint density at radius 1 is 1.00 bits per heavy atom. The number of rotatable bonds is 3. The van der Waals surface area contributed by atoms with Gasteiger partial charge in [-0.25, -0.2) is 0 Å². The molecule has 7 heteroatoms. The highest BCUT2D eigenvalue weighted by molar-refractivity contribution is 5.83. The van der Waals surface area contributed by atoms with Gasteiger partial charge < -0.3 is 19.9 Å². The van der Waals surface area contributed by atoms with Gasteiger partial charge in [-0.15, -0.1) is 0 Å². The van der Waals surface area contributed by atoms with E-state index in [-0.39, 0.29) is 17.9 Å². The Bertz CT molecular complexity index is 398. The van der Waals surface area contributed by atoms with E-state index in [1.165, 1.54) is 0 Å². The minimum atomic E-state index is -0.00407. The molecule has 2 amide bonds. The van der Waals surface area contributed by atoms with Crippen LogP contribution in [0, 0.1) is 0 Å². The van der Waals surface area contributed by atoms with Crippen molar-refractivity contribution in [1.82, 2.24) is 20.0 Å². The van der Waals surface area contributed by atoms with Crippen LogP contribution >= 0.6 is 0 Å². The summed E-state index contributed by atoms with van der Waals surface area (Å²) in [6, 6.07) is -0.00407. The molecule has 0 radical (unpaired) electrons. The van der Waals surface area contributed by atoms with Crippen molar-refractivity contribution in [3.63, 3.8) is 0 Å². The molecule has 1 unspecified atom stereocenters. The second kappa shape index (κ2) is 7.39. The number of amides is 2. The molecule has 3 fully saturated rings. The van der Waals surface area contributed by atoms with Crippen molar-refractivity contribution in [2.45, 2.75) is 18.9 Å². The standard InChI is InChI=1S/C15H26N4O3/c20-14(12-17-8-10-22-11-9-17)18-4-6-19(7-5-18)15(21)13-2-1-3-16-13/h13,16H,1-12H2. The summed E-state index contributed by atoms with van der Waals surface area (Å²) in [6.07, 6.45) is 2.02. The third-order valence-corrected chi connectivity index (χ3v) is 4.77. The summed E-state index contributed by atoms with van der Waals surface area (Å²) in [6.45, 7) is 7.12. The maximum Gasteiger partial charge on any atom is 0.239 e. The monoisotopic (exact) mass is 310 g/mol. The molecule has 0 saturated carbocycles. The Balaban J connectivity index is 1.42. The number of carbonyl (C=O) groups excluding carboxylic acids is 2. The van der Waals surface area contributed by atoms with Crippen LogP contribution in [0.25, 0.3) is 0 Å². The van der Waals surface area contributed by atoms with Gasteiger partial charge in [0.15, 0.2) is 0 Å². The third-order valence-electron chi connectivity index (χ3n) is 4.77. The van der Waals surface area contributed by atoms with Gasteiger partial charge in [0.25, 0.3) is 0 Å². The summed E-state index contributed by atoms with van der Waals surface area (Å²) >= 11 is 0. The van der Waals surface area contributed by atoms with E-state index in [1.54, 1.807) is 0 Å². The van der Waals surface area contributed by atoms with E-state index in [0.717, 1.165) is 32.5 Å². The first-order valence-electron chi connectivity index (χ1n) is 8.34. The SMILES string of the molecule is O=C(CN1CCOCC1)N1CCN(C(=O)C2CCCN2)CC1. The molecule has 1 atom stereocenters. The zero-order valence-corrected chi connectivity index (χ0v) is 13.1. The molecule has 3 aliphatic heterocycles. The van der Waals surface area contributed by atoms with Crippen molar-refractivity contribution in [3.05, 3.63) is 0 Å². The van der Waals surface area contributed by atoms with E-state index < -0.39 is 0 Å². The lowest BCUT2D eigenvalue weighted by molar-refractivity contribution is -0.141. The Morgan fingerprint density at radius 3 is 2.32 bits per heavy atom. The molecule has 7 nitrogen and oxygen atoms in total. The zero-order valence-electron chi connectivity index (χ0n) is 13.1. The first kappa shape index (κ1) is 15.7. The first-order chi connectivity index (χ1) is 10.7. The van der Waals surface area contributed by atoms with E-state index in [4.69, 9.17) is 4.74 Å². The van der Waals surface area contributed by atoms with Gasteiger partial charge in [0, 0.05) is 39.3 Å². The highest BCUT2D eigenvalue weighted by Gasteiger charge is 2.30. The zero-order chi connectivity index (χ0) is 15.4. The number of ether oxygens (including phenoxy) is 1. The van der Waals surface area contributed by atoms with Crippen molar-refractivity contribution < 1.29 is 14.3 Å². The smallest absolute Gasteiger partial charge is 0.239 e. The molecule has 0 spiro atoms. The van der Waals surface area contributed by atoms with Crippen molar-refractivity contribution >= 4 is 11.8 Å². The molecule has 3 aliphatic rings. The number of hydrogen-bond donors (Lipinski definition) is 1. The fraction of sp³-hybridized carbons (Fsp3) is 0.867. The van der Waals surface area contributed by atoms with Crippen LogP contribution in [0.3, 0.4) is 0 Å². The average Bonchev–Trinajstić information content (AvgIpc) is 3.10. The van der Waals surface area contributed by atoms with Gasteiger partial charge in [-0.1, -0.05) is 0 Å². The minimum Gasteiger partial charge on any atom is -0.379 e. The van der Waals surface area contributed by atoms with Crippen molar-refractivity contribution in [3.8, 4) is 0 Å². The van der Waals surface area contributed by atoms with E-state index in [2.05, 4.69) is 10.2 Å². The van der Waals surface area contributed by atoms with Crippen LogP contribution in [-0.4, -0.2) is 98.1 Å². The summed E-state index contributed by atoms with van der Waals surface area (Å²) in [7, 11) is 0. The third kappa shape index (κ3) is 3.77. The molecule has 22 heavy (non-hydrogen) atoms. The highest BCUT2D eigenvalue weighted by Crippen LogP contribution is 2.11. The Hall–Kier alpha value is -1.18. The summed E-state index contributed by atoms with van der Waals surface area (Å²) in [5.74, 6) is 0.380. The number of nitrogens with one attached hydrogen (secondary N) is 1. The molecule has 3 saturated heterocycles. The van der Waals surface area contributed by atoms with Gasteiger partial charge in [0.1, 0.15) is 0 Å². The molecule has 124 valence electrons. The molecule has 3 heterocycles. The highest BCUT2D eigenvalue weighted by atomic mass is 16.5. The van der Waals surface area contributed by atoms with Crippen LogP contribution < -0.4 is 5.32 Å². The van der Waals surface area contributed by atoms with Gasteiger partial charge in [0.05, 0.1) is 25.8 Å². The second-order valence-electron chi connectivity index (χ2n) is 6.24. The summed E-state index contributed by atoms with van der Waals surface area (Å²) in [5, 5.41) is 3.25. The topological polar surface area (TPSA) is 65.1 Å². The lowest BCUT2D eigenvalue weighted by Gasteiger charge is -2.37.